The van der Waals surface area contributed by atoms with Gasteiger partial charge in [-0.25, -0.2) is 0 Å². The van der Waals surface area contributed by atoms with E-state index in [9.17, 15) is 9.90 Å². The van der Waals surface area contributed by atoms with Crippen LogP contribution in [0.5, 0.6) is 5.75 Å². The van der Waals surface area contributed by atoms with Gasteiger partial charge in [-0.3, -0.25) is 9.69 Å². The summed E-state index contributed by atoms with van der Waals surface area (Å²) in [6, 6.07) is 13.8. The molecule has 0 spiro atoms. The van der Waals surface area contributed by atoms with Gasteiger partial charge < -0.3 is 14.7 Å². The number of aliphatic hydroxyl groups is 1. The molecule has 2 aromatic rings. The van der Waals surface area contributed by atoms with E-state index in [4.69, 9.17) is 4.74 Å². The van der Waals surface area contributed by atoms with Gasteiger partial charge in [-0.05, 0) is 43.0 Å². The van der Waals surface area contributed by atoms with Gasteiger partial charge in [-0.2, -0.15) is 0 Å². The Morgan fingerprint density at radius 3 is 2.67 bits per heavy atom. The fourth-order valence-corrected chi connectivity index (χ4v) is 3.96. The normalized spacial score (nSPS) is 17.5. The van der Waals surface area contributed by atoms with Crippen LogP contribution in [-0.2, 0) is 4.79 Å². The van der Waals surface area contributed by atoms with Crippen LogP contribution in [0.4, 0.5) is 0 Å². The van der Waals surface area contributed by atoms with Gasteiger partial charge in [-0.1, -0.05) is 49.1 Å². The standard InChI is InChI=1S/C25H32N2O3/c1-5-22-19(3)18(2)11-12-24(22)30-17-25(29)26(4)23(20-9-7-6-8-10-20)16-27-14-13-21(28)15-27/h5-12,21,23,28H,1,13-17H2,2-4H3. The number of likely N-dealkylation sites (N-methyl/N-ethyl adjacent to an activating group) is 1. The molecule has 3 rings (SSSR count). The quantitative estimate of drug-likeness (QED) is 0.725. The van der Waals surface area contributed by atoms with E-state index in [1.807, 2.05) is 63.4 Å². The Morgan fingerprint density at radius 2 is 2.03 bits per heavy atom. The zero-order valence-electron chi connectivity index (χ0n) is 18.2. The van der Waals surface area contributed by atoms with Crippen LogP contribution in [0.15, 0.2) is 49.0 Å². The van der Waals surface area contributed by atoms with Crippen LogP contribution in [0, 0.1) is 13.8 Å². The summed E-state index contributed by atoms with van der Waals surface area (Å²) in [6.07, 6.45) is 2.27. The minimum absolute atomic E-state index is 0.0359. The van der Waals surface area contributed by atoms with Crippen molar-refractivity contribution in [1.29, 1.82) is 0 Å². The number of amides is 1. The number of carbonyl (C=O) groups is 1. The third-order valence-corrected chi connectivity index (χ3v) is 6.02. The van der Waals surface area contributed by atoms with E-state index in [-0.39, 0.29) is 24.7 Å². The van der Waals surface area contributed by atoms with E-state index in [1.165, 1.54) is 0 Å². The molecule has 0 saturated carbocycles. The first-order chi connectivity index (χ1) is 14.4. The Hall–Kier alpha value is -2.63. The zero-order chi connectivity index (χ0) is 21.7. The lowest BCUT2D eigenvalue weighted by molar-refractivity contribution is -0.134. The first-order valence-electron chi connectivity index (χ1n) is 10.5. The molecule has 0 bridgehead atoms. The topological polar surface area (TPSA) is 53.0 Å². The van der Waals surface area contributed by atoms with Crippen LogP contribution in [0.2, 0.25) is 0 Å². The van der Waals surface area contributed by atoms with Crippen molar-refractivity contribution in [2.75, 3.05) is 33.3 Å². The maximum absolute atomic E-state index is 13.0. The lowest BCUT2D eigenvalue weighted by atomic mass is 10.0. The number of hydrogen-bond donors (Lipinski definition) is 1. The number of benzene rings is 2. The summed E-state index contributed by atoms with van der Waals surface area (Å²) in [4.78, 5) is 17.0. The highest BCUT2D eigenvalue weighted by Gasteiger charge is 2.28. The van der Waals surface area contributed by atoms with Gasteiger partial charge in [0, 0.05) is 32.2 Å². The lowest BCUT2D eigenvalue weighted by Crippen LogP contribution is -2.41. The van der Waals surface area contributed by atoms with Crippen LogP contribution in [0.25, 0.3) is 6.08 Å². The van der Waals surface area contributed by atoms with E-state index < -0.39 is 0 Å². The van der Waals surface area contributed by atoms with Crippen molar-refractivity contribution in [2.24, 2.45) is 0 Å². The van der Waals surface area contributed by atoms with E-state index in [0.29, 0.717) is 18.8 Å². The molecule has 1 amide bonds. The minimum atomic E-state index is -0.284. The molecule has 1 aliphatic heterocycles. The van der Waals surface area contributed by atoms with Crippen molar-refractivity contribution < 1.29 is 14.6 Å². The van der Waals surface area contributed by atoms with Gasteiger partial charge in [0.2, 0.25) is 0 Å². The Bertz CT molecular complexity index is 881. The van der Waals surface area contributed by atoms with Gasteiger partial charge in [-0.15, -0.1) is 0 Å². The van der Waals surface area contributed by atoms with E-state index in [2.05, 4.69) is 11.5 Å². The highest BCUT2D eigenvalue weighted by molar-refractivity contribution is 5.78. The molecule has 1 saturated heterocycles. The number of aryl methyl sites for hydroxylation is 1. The maximum atomic E-state index is 13.0. The third kappa shape index (κ3) is 5.10. The predicted octanol–water partition coefficient (Wildman–Crippen LogP) is 3.59. The van der Waals surface area contributed by atoms with Crippen LogP contribution < -0.4 is 4.74 Å². The number of likely N-dealkylation sites (tertiary alicyclic amines) is 1. The average Bonchev–Trinajstić information content (AvgIpc) is 3.17. The zero-order valence-corrected chi connectivity index (χ0v) is 18.2. The van der Waals surface area contributed by atoms with Crippen LogP contribution in [-0.4, -0.2) is 60.2 Å². The van der Waals surface area contributed by atoms with Crippen molar-refractivity contribution in [3.8, 4) is 5.75 Å². The molecular weight excluding hydrogens is 376 g/mol. The summed E-state index contributed by atoms with van der Waals surface area (Å²) in [5.41, 5.74) is 4.28. The molecule has 2 aromatic carbocycles. The predicted molar refractivity (Wildman–Crippen MR) is 121 cm³/mol. The Balaban J connectivity index is 1.72. The number of hydrogen-bond acceptors (Lipinski definition) is 4. The van der Waals surface area contributed by atoms with Gasteiger partial charge in [0.1, 0.15) is 5.75 Å². The molecule has 160 valence electrons. The Morgan fingerprint density at radius 1 is 1.30 bits per heavy atom. The summed E-state index contributed by atoms with van der Waals surface area (Å²) in [5, 5.41) is 9.88. The largest absolute Gasteiger partial charge is 0.483 e. The number of nitrogens with zero attached hydrogens (tertiary/aromatic N) is 2. The Labute approximate surface area is 179 Å². The average molecular weight is 409 g/mol. The third-order valence-electron chi connectivity index (χ3n) is 6.02. The first-order valence-corrected chi connectivity index (χ1v) is 10.5. The molecule has 1 aliphatic rings. The second-order valence-corrected chi connectivity index (χ2v) is 8.05. The summed E-state index contributed by atoms with van der Waals surface area (Å²) >= 11 is 0. The van der Waals surface area contributed by atoms with Crippen molar-refractivity contribution in [2.45, 2.75) is 32.4 Å². The number of rotatable bonds is 8. The number of ether oxygens (including phenoxy) is 1. The van der Waals surface area contributed by atoms with Crippen molar-refractivity contribution in [3.05, 3.63) is 71.3 Å². The summed E-state index contributed by atoms with van der Waals surface area (Å²) < 4.78 is 5.90. The van der Waals surface area contributed by atoms with Gasteiger partial charge >= 0.3 is 0 Å². The first kappa shape index (κ1) is 22.1. The van der Waals surface area contributed by atoms with E-state index in [1.54, 1.807) is 11.0 Å². The molecule has 1 heterocycles. The van der Waals surface area contributed by atoms with Gasteiger partial charge in [0.15, 0.2) is 6.61 Å². The number of β-amino-alcohol motifs (C(OH)–C–C–N with tert-alkyl or cyclic N) is 1. The number of aliphatic hydroxyl groups excluding tert-OH is 1. The van der Waals surface area contributed by atoms with Crippen molar-refractivity contribution in [1.82, 2.24) is 9.80 Å². The molecule has 5 heteroatoms. The van der Waals surface area contributed by atoms with Crippen molar-refractivity contribution >= 4 is 12.0 Å². The molecule has 2 atom stereocenters. The maximum Gasteiger partial charge on any atom is 0.260 e. The van der Waals surface area contributed by atoms with E-state index in [0.717, 1.165) is 35.2 Å². The highest BCUT2D eigenvalue weighted by Crippen LogP contribution is 2.27. The molecular formula is C25H32N2O3. The molecule has 1 N–H and O–H groups in total. The smallest absolute Gasteiger partial charge is 0.260 e. The lowest BCUT2D eigenvalue weighted by Gasteiger charge is -2.32. The SMILES string of the molecule is C=Cc1c(OCC(=O)N(C)C(CN2CCC(O)C2)c2ccccc2)ccc(C)c1C. The van der Waals surface area contributed by atoms with E-state index >= 15 is 0 Å². The Kier molecular flexibility index (Phi) is 7.29. The van der Waals surface area contributed by atoms with Crippen LogP contribution in [0.3, 0.4) is 0 Å². The highest BCUT2D eigenvalue weighted by atomic mass is 16.5. The summed E-state index contributed by atoms with van der Waals surface area (Å²) in [6.45, 7) is 10.1. The fourth-order valence-electron chi connectivity index (χ4n) is 3.96. The van der Waals surface area contributed by atoms with Crippen LogP contribution >= 0.6 is 0 Å². The number of carbonyl (C=O) groups excluding carboxylic acids is 1. The molecule has 30 heavy (non-hydrogen) atoms. The minimum Gasteiger partial charge on any atom is -0.483 e. The molecule has 0 radical (unpaired) electrons. The molecule has 1 fully saturated rings. The molecule has 0 aromatic heterocycles. The van der Waals surface area contributed by atoms with Crippen molar-refractivity contribution in [3.63, 3.8) is 0 Å². The molecule has 5 nitrogen and oxygen atoms in total. The van der Waals surface area contributed by atoms with Crippen LogP contribution in [0.1, 0.15) is 34.7 Å². The summed E-state index contributed by atoms with van der Waals surface area (Å²) in [5.74, 6) is 0.589. The van der Waals surface area contributed by atoms with Gasteiger partial charge in [0.25, 0.3) is 5.91 Å². The monoisotopic (exact) mass is 408 g/mol. The molecule has 0 aliphatic carbocycles. The second kappa shape index (κ2) is 9.92. The summed E-state index contributed by atoms with van der Waals surface area (Å²) in [7, 11) is 1.82. The van der Waals surface area contributed by atoms with Gasteiger partial charge in [0.05, 0.1) is 12.1 Å². The second-order valence-electron chi connectivity index (χ2n) is 8.05. The molecule has 2 unspecified atom stereocenters. The fraction of sp³-hybridized carbons (Fsp3) is 0.400.